The van der Waals surface area contributed by atoms with Crippen LogP contribution in [-0.2, 0) is 6.61 Å². The SMILES string of the molecule is CCCOc1ccc(C(=O)N/N=C\c2cc(Cl)c(OCc3ccc(C#N)cc3)c(OCC)c2)cc1. The summed E-state index contributed by atoms with van der Waals surface area (Å²) >= 11 is 6.46. The number of carbonyl (C=O) groups excluding carboxylic acids is 1. The van der Waals surface area contributed by atoms with Crippen molar-refractivity contribution in [2.45, 2.75) is 26.9 Å². The summed E-state index contributed by atoms with van der Waals surface area (Å²) in [6.45, 7) is 5.19. The summed E-state index contributed by atoms with van der Waals surface area (Å²) < 4.78 is 17.1. The molecule has 8 heteroatoms. The van der Waals surface area contributed by atoms with Crippen molar-refractivity contribution in [2.24, 2.45) is 5.10 Å². The number of benzene rings is 3. The number of nitriles is 1. The Bertz CT molecular complexity index is 1200. The van der Waals surface area contributed by atoms with Crippen molar-refractivity contribution in [1.82, 2.24) is 5.43 Å². The monoisotopic (exact) mass is 491 g/mol. The van der Waals surface area contributed by atoms with Gasteiger partial charge < -0.3 is 14.2 Å². The van der Waals surface area contributed by atoms with Crippen LogP contribution in [0.2, 0.25) is 5.02 Å². The van der Waals surface area contributed by atoms with Gasteiger partial charge in [0.1, 0.15) is 12.4 Å². The number of nitrogens with zero attached hydrogens (tertiary/aromatic N) is 2. The minimum Gasteiger partial charge on any atom is -0.494 e. The lowest BCUT2D eigenvalue weighted by molar-refractivity contribution is 0.0955. The third-order valence-electron chi connectivity index (χ3n) is 4.77. The predicted octanol–water partition coefficient (Wildman–Crippen LogP) is 5.74. The lowest BCUT2D eigenvalue weighted by Gasteiger charge is -2.14. The van der Waals surface area contributed by atoms with Crippen LogP contribution >= 0.6 is 11.6 Å². The number of rotatable bonds is 11. The maximum atomic E-state index is 12.4. The zero-order chi connectivity index (χ0) is 25.0. The summed E-state index contributed by atoms with van der Waals surface area (Å²) in [6.07, 6.45) is 2.39. The summed E-state index contributed by atoms with van der Waals surface area (Å²) in [7, 11) is 0. The molecular weight excluding hydrogens is 466 g/mol. The van der Waals surface area contributed by atoms with Crippen molar-refractivity contribution in [1.29, 1.82) is 5.26 Å². The number of carbonyl (C=O) groups is 1. The van der Waals surface area contributed by atoms with Crippen molar-refractivity contribution >= 4 is 23.7 Å². The van der Waals surface area contributed by atoms with Gasteiger partial charge in [0.25, 0.3) is 5.91 Å². The van der Waals surface area contributed by atoms with Crippen LogP contribution < -0.4 is 19.6 Å². The average molecular weight is 492 g/mol. The highest BCUT2D eigenvalue weighted by Crippen LogP contribution is 2.37. The maximum Gasteiger partial charge on any atom is 0.271 e. The molecule has 7 nitrogen and oxygen atoms in total. The van der Waals surface area contributed by atoms with Crippen molar-refractivity contribution in [3.05, 3.63) is 87.9 Å². The van der Waals surface area contributed by atoms with Gasteiger partial charge in [0, 0.05) is 5.56 Å². The van der Waals surface area contributed by atoms with Crippen molar-refractivity contribution in [3.8, 4) is 23.3 Å². The van der Waals surface area contributed by atoms with Crippen LogP contribution in [0.3, 0.4) is 0 Å². The Morgan fingerprint density at radius 2 is 1.80 bits per heavy atom. The Balaban J connectivity index is 1.65. The zero-order valence-electron chi connectivity index (χ0n) is 19.6. The van der Waals surface area contributed by atoms with Gasteiger partial charge in [-0.1, -0.05) is 30.7 Å². The Kier molecular flexibility index (Phi) is 9.52. The first-order valence-electron chi connectivity index (χ1n) is 11.2. The van der Waals surface area contributed by atoms with E-state index in [-0.39, 0.29) is 12.5 Å². The molecule has 0 atom stereocenters. The highest BCUT2D eigenvalue weighted by Gasteiger charge is 2.13. The Hall–Kier alpha value is -4.02. The zero-order valence-corrected chi connectivity index (χ0v) is 20.3. The van der Waals surface area contributed by atoms with E-state index in [1.165, 1.54) is 6.21 Å². The van der Waals surface area contributed by atoms with Gasteiger partial charge in [-0.2, -0.15) is 10.4 Å². The third kappa shape index (κ3) is 7.49. The van der Waals surface area contributed by atoms with Gasteiger partial charge in [0.05, 0.1) is 36.1 Å². The summed E-state index contributed by atoms with van der Waals surface area (Å²) in [4.78, 5) is 12.4. The molecule has 0 heterocycles. The van der Waals surface area contributed by atoms with Crippen LogP contribution in [0.15, 0.2) is 65.8 Å². The van der Waals surface area contributed by atoms with Gasteiger partial charge in [-0.15, -0.1) is 0 Å². The number of halogens is 1. The van der Waals surface area contributed by atoms with Crippen LogP contribution in [0.25, 0.3) is 0 Å². The first-order valence-corrected chi connectivity index (χ1v) is 11.6. The summed E-state index contributed by atoms with van der Waals surface area (Å²) in [6, 6.07) is 19.5. The molecule has 0 aromatic heterocycles. The van der Waals surface area contributed by atoms with E-state index in [1.807, 2.05) is 26.0 Å². The minimum absolute atomic E-state index is 0.261. The van der Waals surface area contributed by atoms with Crippen molar-refractivity contribution < 1.29 is 19.0 Å². The predicted molar refractivity (Wildman–Crippen MR) is 135 cm³/mol. The standard InChI is InChI=1S/C27H26ClN3O4/c1-3-13-34-23-11-9-22(10-12-23)27(32)31-30-17-21-14-24(28)26(25(15-21)33-4-2)35-18-20-7-5-19(16-29)6-8-20/h5-12,14-15,17H,3-4,13,18H2,1-2H3,(H,31,32)/b30-17-. The fraction of sp³-hybridized carbons (Fsp3) is 0.222. The van der Waals surface area contributed by atoms with E-state index < -0.39 is 0 Å². The third-order valence-corrected chi connectivity index (χ3v) is 5.05. The lowest BCUT2D eigenvalue weighted by Crippen LogP contribution is -2.17. The molecule has 3 aromatic rings. The molecular formula is C27H26ClN3O4. The summed E-state index contributed by atoms with van der Waals surface area (Å²) in [5.74, 6) is 1.24. The fourth-order valence-corrected chi connectivity index (χ4v) is 3.32. The van der Waals surface area contributed by atoms with E-state index in [0.717, 1.165) is 12.0 Å². The largest absolute Gasteiger partial charge is 0.494 e. The second kappa shape index (κ2) is 13.0. The van der Waals surface area contributed by atoms with Crippen LogP contribution in [0.1, 0.15) is 47.3 Å². The van der Waals surface area contributed by atoms with E-state index in [9.17, 15) is 4.79 Å². The van der Waals surface area contributed by atoms with Crippen LogP contribution in [0.4, 0.5) is 0 Å². The number of hydrazone groups is 1. The van der Waals surface area contributed by atoms with E-state index >= 15 is 0 Å². The first kappa shape index (κ1) is 25.6. The molecule has 0 aliphatic carbocycles. The van der Waals surface area contributed by atoms with Crippen LogP contribution in [0.5, 0.6) is 17.2 Å². The average Bonchev–Trinajstić information content (AvgIpc) is 2.87. The summed E-state index contributed by atoms with van der Waals surface area (Å²) in [5, 5.41) is 13.3. The molecule has 0 spiro atoms. The van der Waals surface area contributed by atoms with E-state index in [2.05, 4.69) is 16.6 Å². The quantitative estimate of drug-likeness (QED) is 0.272. The van der Waals surface area contributed by atoms with Gasteiger partial charge in [0.2, 0.25) is 0 Å². The van der Waals surface area contributed by atoms with Gasteiger partial charge in [-0.3, -0.25) is 4.79 Å². The molecule has 0 aliphatic rings. The van der Waals surface area contributed by atoms with Gasteiger partial charge in [-0.25, -0.2) is 5.43 Å². The van der Waals surface area contributed by atoms with Gasteiger partial charge in [-0.05, 0) is 73.0 Å². The molecule has 0 radical (unpaired) electrons. The molecule has 0 aliphatic heterocycles. The highest BCUT2D eigenvalue weighted by molar-refractivity contribution is 6.32. The van der Waals surface area contributed by atoms with Crippen LogP contribution in [0, 0.1) is 11.3 Å². The first-order chi connectivity index (χ1) is 17.0. The van der Waals surface area contributed by atoms with Gasteiger partial charge >= 0.3 is 0 Å². The molecule has 0 bridgehead atoms. The molecule has 180 valence electrons. The molecule has 0 saturated heterocycles. The van der Waals surface area contributed by atoms with Gasteiger partial charge in [0.15, 0.2) is 11.5 Å². The Labute approximate surface area is 209 Å². The second-order valence-corrected chi connectivity index (χ2v) is 7.84. The Morgan fingerprint density at radius 3 is 2.46 bits per heavy atom. The van der Waals surface area contributed by atoms with E-state index in [4.69, 9.17) is 31.1 Å². The number of ether oxygens (including phenoxy) is 3. The molecule has 1 N–H and O–H groups in total. The number of hydrogen-bond donors (Lipinski definition) is 1. The Morgan fingerprint density at radius 1 is 1.06 bits per heavy atom. The lowest BCUT2D eigenvalue weighted by atomic mass is 10.1. The van der Waals surface area contributed by atoms with Crippen molar-refractivity contribution in [3.63, 3.8) is 0 Å². The van der Waals surface area contributed by atoms with E-state index in [1.54, 1.807) is 48.5 Å². The molecule has 3 rings (SSSR count). The number of amides is 1. The molecule has 0 fully saturated rings. The maximum absolute atomic E-state index is 12.4. The van der Waals surface area contributed by atoms with Crippen molar-refractivity contribution in [2.75, 3.05) is 13.2 Å². The molecule has 35 heavy (non-hydrogen) atoms. The molecule has 1 amide bonds. The number of nitrogens with one attached hydrogen (secondary N) is 1. The normalized spacial score (nSPS) is 10.6. The minimum atomic E-state index is -0.346. The molecule has 0 saturated carbocycles. The second-order valence-electron chi connectivity index (χ2n) is 7.43. The fourth-order valence-electron chi connectivity index (χ4n) is 3.05. The van der Waals surface area contributed by atoms with E-state index in [0.29, 0.717) is 52.2 Å². The molecule has 0 unspecified atom stereocenters. The smallest absolute Gasteiger partial charge is 0.271 e. The number of hydrogen-bond acceptors (Lipinski definition) is 6. The van der Waals surface area contributed by atoms with Crippen LogP contribution in [-0.4, -0.2) is 25.3 Å². The topological polar surface area (TPSA) is 92.9 Å². The molecule has 3 aromatic carbocycles. The summed E-state index contributed by atoms with van der Waals surface area (Å²) in [5.41, 5.74) is 5.07. The highest BCUT2D eigenvalue weighted by atomic mass is 35.5.